The Bertz CT molecular complexity index is 420. The Morgan fingerprint density at radius 3 is 3.06 bits per heavy atom. The topological polar surface area (TPSA) is 61.6 Å². The van der Waals surface area contributed by atoms with Crippen LogP contribution in [0.25, 0.3) is 0 Å². The summed E-state index contributed by atoms with van der Waals surface area (Å²) in [7, 11) is 0. The van der Waals surface area contributed by atoms with Crippen LogP contribution in [0.15, 0.2) is 12.1 Å². The summed E-state index contributed by atoms with van der Waals surface area (Å²) in [6.45, 7) is 0.982. The molecule has 1 heterocycles. The molecule has 0 radical (unpaired) electrons. The van der Waals surface area contributed by atoms with Gasteiger partial charge in [-0.05, 0) is 18.7 Å². The molecule has 1 aromatic carbocycles. The van der Waals surface area contributed by atoms with E-state index in [1.54, 1.807) is 12.1 Å². The summed E-state index contributed by atoms with van der Waals surface area (Å²) >= 11 is 6.02. The Hall–Kier alpha value is -1.10. The van der Waals surface area contributed by atoms with E-state index in [-0.39, 0.29) is 19.0 Å². The first-order chi connectivity index (χ1) is 7.72. The number of nitrogens with two attached hydrogens (primary N) is 1. The summed E-state index contributed by atoms with van der Waals surface area (Å²) < 4.78 is 10.4. The average Bonchev–Trinajstić information content (AvgIpc) is 2.28. The zero-order chi connectivity index (χ0) is 11.5. The Kier molecular flexibility index (Phi) is 3.43. The van der Waals surface area contributed by atoms with Gasteiger partial charge in [0.25, 0.3) is 0 Å². The number of carbonyl (C=O) groups excluding carboxylic acids is 1. The summed E-state index contributed by atoms with van der Waals surface area (Å²) in [6, 6.07) is 3.37. The van der Waals surface area contributed by atoms with E-state index >= 15 is 0 Å². The van der Waals surface area contributed by atoms with Crippen molar-refractivity contribution in [1.82, 2.24) is 0 Å². The van der Waals surface area contributed by atoms with Crippen LogP contribution in [0, 0.1) is 0 Å². The van der Waals surface area contributed by atoms with E-state index in [9.17, 15) is 4.79 Å². The maximum Gasteiger partial charge on any atom is 0.189 e. The van der Waals surface area contributed by atoms with Crippen molar-refractivity contribution >= 4 is 17.4 Å². The second-order valence-corrected chi connectivity index (χ2v) is 3.92. The molecule has 5 heteroatoms. The van der Waals surface area contributed by atoms with Gasteiger partial charge >= 0.3 is 0 Å². The van der Waals surface area contributed by atoms with Gasteiger partial charge < -0.3 is 15.2 Å². The molecule has 2 rings (SSSR count). The first kappa shape index (κ1) is 11.4. The van der Waals surface area contributed by atoms with E-state index < -0.39 is 0 Å². The molecule has 0 unspecified atom stereocenters. The van der Waals surface area contributed by atoms with Gasteiger partial charge in [-0.15, -0.1) is 0 Å². The van der Waals surface area contributed by atoms with Crippen molar-refractivity contribution in [3.05, 3.63) is 28.3 Å². The maximum absolute atomic E-state index is 11.7. The summed E-state index contributed by atoms with van der Waals surface area (Å²) in [4.78, 5) is 11.7. The van der Waals surface area contributed by atoms with Crippen LogP contribution in [0.2, 0.25) is 5.02 Å². The highest BCUT2D eigenvalue weighted by atomic mass is 35.5. The van der Waals surface area contributed by atoms with Gasteiger partial charge in [-0.1, -0.05) is 11.6 Å². The number of benzene rings is 1. The van der Waals surface area contributed by atoms with Crippen LogP contribution in [0.1, 0.15) is 22.3 Å². The zero-order valence-corrected chi connectivity index (χ0v) is 9.42. The Balaban J connectivity index is 2.35. The Morgan fingerprint density at radius 1 is 1.50 bits per heavy atom. The fourth-order valence-electron chi connectivity index (χ4n) is 1.58. The molecule has 0 saturated carbocycles. The molecule has 0 fully saturated rings. The molecule has 86 valence electrons. The lowest BCUT2D eigenvalue weighted by Crippen LogP contribution is -2.14. The molecular weight excluding hydrogens is 230 g/mol. The minimum atomic E-state index is -0.0645. The summed E-state index contributed by atoms with van der Waals surface area (Å²) in [5.74, 6) is 0.599. The molecule has 0 atom stereocenters. The minimum absolute atomic E-state index is 0.0645. The number of hydrogen-bond donors (Lipinski definition) is 1. The third kappa shape index (κ3) is 2.19. The number of ether oxygens (including phenoxy) is 2. The summed E-state index contributed by atoms with van der Waals surface area (Å²) in [5.41, 5.74) is 6.67. The largest absolute Gasteiger partial charge is 0.467 e. The molecule has 0 aliphatic carbocycles. The fourth-order valence-corrected chi connectivity index (χ4v) is 1.87. The molecular formula is C11H12ClNO3. The van der Waals surface area contributed by atoms with E-state index in [0.717, 1.165) is 5.56 Å². The highest BCUT2D eigenvalue weighted by molar-refractivity contribution is 6.34. The maximum atomic E-state index is 11.7. The van der Waals surface area contributed by atoms with Gasteiger partial charge in [0, 0.05) is 17.5 Å². The molecule has 4 nitrogen and oxygen atoms in total. The van der Waals surface area contributed by atoms with Gasteiger partial charge in [0.2, 0.25) is 0 Å². The third-order valence-electron chi connectivity index (χ3n) is 2.38. The van der Waals surface area contributed by atoms with Gasteiger partial charge in [0.15, 0.2) is 12.6 Å². The van der Waals surface area contributed by atoms with Crippen molar-refractivity contribution in [2.24, 2.45) is 5.73 Å². The van der Waals surface area contributed by atoms with Crippen LogP contribution in [0.5, 0.6) is 5.75 Å². The van der Waals surface area contributed by atoms with Crippen molar-refractivity contribution in [2.75, 3.05) is 13.3 Å². The molecule has 0 aromatic heterocycles. The number of carbonyl (C=O) groups is 1. The van der Waals surface area contributed by atoms with Crippen LogP contribution in [0.3, 0.4) is 0 Å². The molecule has 16 heavy (non-hydrogen) atoms. The van der Waals surface area contributed by atoms with Gasteiger partial charge in [0.05, 0.1) is 11.6 Å². The Morgan fingerprint density at radius 2 is 2.31 bits per heavy atom. The molecule has 0 amide bonds. The van der Waals surface area contributed by atoms with Gasteiger partial charge in [0.1, 0.15) is 5.75 Å². The first-order valence-corrected chi connectivity index (χ1v) is 5.36. The van der Waals surface area contributed by atoms with Crippen LogP contribution in [0.4, 0.5) is 0 Å². The number of Topliss-reactive ketones (excluding diaryl/α,β-unsaturated/α-hetero) is 1. The molecule has 0 bridgehead atoms. The second-order valence-electron chi connectivity index (χ2n) is 3.51. The SMILES string of the molecule is NCCC(=O)c1cc2c(cc1Cl)COCO2. The van der Waals surface area contributed by atoms with Crippen LogP contribution in [-0.4, -0.2) is 19.1 Å². The first-order valence-electron chi connectivity index (χ1n) is 4.98. The van der Waals surface area contributed by atoms with E-state index in [4.69, 9.17) is 26.8 Å². The smallest absolute Gasteiger partial charge is 0.189 e. The standard InChI is InChI=1S/C11H12ClNO3/c12-9-3-7-5-15-6-16-11(7)4-8(9)10(14)1-2-13/h3-4H,1-2,5-6,13H2. The minimum Gasteiger partial charge on any atom is -0.467 e. The molecule has 1 aromatic rings. The van der Waals surface area contributed by atoms with E-state index in [1.807, 2.05) is 0 Å². The van der Waals surface area contributed by atoms with Crippen molar-refractivity contribution in [3.63, 3.8) is 0 Å². The number of hydrogen-bond acceptors (Lipinski definition) is 4. The van der Waals surface area contributed by atoms with Gasteiger partial charge in [-0.3, -0.25) is 4.79 Å². The van der Waals surface area contributed by atoms with Crippen molar-refractivity contribution in [3.8, 4) is 5.75 Å². The highest BCUT2D eigenvalue weighted by Crippen LogP contribution is 2.30. The molecule has 2 N–H and O–H groups in total. The number of ketones is 1. The molecule has 0 saturated heterocycles. The van der Waals surface area contributed by atoms with E-state index in [2.05, 4.69) is 0 Å². The predicted molar refractivity (Wildman–Crippen MR) is 59.7 cm³/mol. The molecule has 1 aliphatic heterocycles. The van der Waals surface area contributed by atoms with Crippen LogP contribution >= 0.6 is 11.6 Å². The summed E-state index contributed by atoms with van der Waals surface area (Å²) in [6.07, 6.45) is 0.287. The molecule has 1 aliphatic rings. The molecule has 0 spiro atoms. The normalized spacial score (nSPS) is 14.1. The average molecular weight is 242 g/mol. The van der Waals surface area contributed by atoms with Crippen molar-refractivity contribution in [1.29, 1.82) is 0 Å². The van der Waals surface area contributed by atoms with Crippen molar-refractivity contribution < 1.29 is 14.3 Å². The quantitative estimate of drug-likeness (QED) is 0.819. The lowest BCUT2D eigenvalue weighted by atomic mass is 10.0. The summed E-state index contributed by atoms with van der Waals surface area (Å²) in [5, 5.41) is 0.423. The number of fused-ring (bicyclic) bond motifs is 1. The monoisotopic (exact) mass is 241 g/mol. The Labute approximate surface area is 98.3 Å². The lowest BCUT2D eigenvalue weighted by Gasteiger charge is -2.18. The van der Waals surface area contributed by atoms with Crippen molar-refractivity contribution in [2.45, 2.75) is 13.0 Å². The number of rotatable bonds is 3. The van der Waals surface area contributed by atoms with Gasteiger partial charge in [-0.2, -0.15) is 0 Å². The lowest BCUT2D eigenvalue weighted by molar-refractivity contribution is -0.0164. The van der Waals surface area contributed by atoms with Crippen LogP contribution in [-0.2, 0) is 11.3 Å². The number of halogens is 1. The third-order valence-corrected chi connectivity index (χ3v) is 2.69. The van der Waals surface area contributed by atoms with Crippen LogP contribution < -0.4 is 10.5 Å². The highest BCUT2D eigenvalue weighted by Gasteiger charge is 2.17. The second kappa shape index (κ2) is 4.82. The fraction of sp³-hybridized carbons (Fsp3) is 0.364. The van der Waals surface area contributed by atoms with E-state index in [0.29, 0.717) is 29.5 Å². The predicted octanol–water partition coefficient (Wildman–Crippen LogP) is 1.74. The van der Waals surface area contributed by atoms with Gasteiger partial charge in [-0.25, -0.2) is 0 Å². The van der Waals surface area contributed by atoms with E-state index in [1.165, 1.54) is 0 Å². The zero-order valence-electron chi connectivity index (χ0n) is 8.66.